The minimum absolute atomic E-state index is 0.203. The molecule has 1 heterocycles. The summed E-state index contributed by atoms with van der Waals surface area (Å²) in [6, 6.07) is 7.76. The van der Waals surface area contributed by atoms with Crippen molar-refractivity contribution in [1.29, 1.82) is 0 Å². The third-order valence-electron chi connectivity index (χ3n) is 2.55. The highest BCUT2D eigenvalue weighted by Crippen LogP contribution is 2.24. The number of hydrogen-bond donors (Lipinski definition) is 3. The summed E-state index contributed by atoms with van der Waals surface area (Å²) in [6.07, 6.45) is -2.75. The van der Waals surface area contributed by atoms with E-state index in [4.69, 9.17) is 0 Å². The molecule has 0 saturated carbocycles. The third-order valence-corrected chi connectivity index (χ3v) is 3.00. The molecule has 1 amide bonds. The maximum atomic E-state index is 12.2. The Hall–Kier alpha value is -1.96. The lowest BCUT2D eigenvalue weighted by Crippen LogP contribution is -2.22. The van der Waals surface area contributed by atoms with E-state index < -0.39 is 18.6 Å². The van der Waals surface area contributed by atoms with Gasteiger partial charge in [0.15, 0.2) is 0 Å². The van der Waals surface area contributed by atoms with Crippen LogP contribution in [0.1, 0.15) is 10.5 Å². The zero-order valence-corrected chi connectivity index (χ0v) is 12.2. The van der Waals surface area contributed by atoms with Gasteiger partial charge in [0.05, 0.1) is 11.4 Å². The molecule has 0 saturated heterocycles. The van der Waals surface area contributed by atoms with Crippen molar-refractivity contribution in [2.45, 2.75) is 6.18 Å². The van der Waals surface area contributed by atoms with Crippen LogP contribution in [0.15, 0.2) is 41.0 Å². The Morgan fingerprint density at radius 1 is 1.24 bits per heavy atom. The average Bonchev–Trinajstić information content (AvgIpc) is 2.83. The molecule has 0 aliphatic heterocycles. The number of para-hydroxylation sites is 2. The first-order valence-electron chi connectivity index (χ1n) is 5.90. The predicted molar refractivity (Wildman–Crippen MR) is 77.4 cm³/mol. The van der Waals surface area contributed by atoms with E-state index in [2.05, 4.69) is 31.5 Å². The van der Waals surface area contributed by atoms with E-state index in [1.54, 1.807) is 24.4 Å². The molecule has 8 heteroatoms. The molecule has 112 valence electrons. The van der Waals surface area contributed by atoms with Crippen molar-refractivity contribution >= 4 is 33.2 Å². The van der Waals surface area contributed by atoms with Gasteiger partial charge in [0.25, 0.3) is 5.91 Å². The molecule has 1 aromatic heterocycles. The molecule has 2 aromatic rings. The molecule has 0 atom stereocenters. The number of benzene rings is 1. The van der Waals surface area contributed by atoms with E-state index in [9.17, 15) is 18.0 Å². The molecule has 3 N–H and O–H groups in total. The number of H-pyrrole nitrogens is 1. The maximum absolute atomic E-state index is 12.2. The minimum atomic E-state index is -4.33. The van der Waals surface area contributed by atoms with Gasteiger partial charge in [-0.05, 0) is 34.1 Å². The summed E-state index contributed by atoms with van der Waals surface area (Å²) >= 11 is 3.20. The van der Waals surface area contributed by atoms with Crippen molar-refractivity contribution in [2.75, 3.05) is 17.2 Å². The van der Waals surface area contributed by atoms with Gasteiger partial charge in [0.1, 0.15) is 12.2 Å². The molecule has 4 nitrogen and oxygen atoms in total. The molecule has 0 spiro atoms. The fourth-order valence-electron chi connectivity index (χ4n) is 1.63. The highest BCUT2D eigenvalue weighted by molar-refractivity contribution is 9.10. The van der Waals surface area contributed by atoms with Crippen LogP contribution in [-0.4, -0.2) is 23.6 Å². The Kier molecular flexibility index (Phi) is 4.56. The summed E-state index contributed by atoms with van der Waals surface area (Å²) in [5.74, 6) is -0.443. The summed E-state index contributed by atoms with van der Waals surface area (Å²) in [6.45, 7) is -1.17. The highest BCUT2D eigenvalue weighted by atomic mass is 79.9. The number of nitrogens with one attached hydrogen (secondary N) is 3. The van der Waals surface area contributed by atoms with Gasteiger partial charge in [-0.2, -0.15) is 13.2 Å². The number of anilines is 2. The van der Waals surface area contributed by atoms with Gasteiger partial charge < -0.3 is 15.6 Å². The molecule has 0 bridgehead atoms. The number of hydrogen-bond acceptors (Lipinski definition) is 2. The zero-order chi connectivity index (χ0) is 15.5. The molecule has 0 radical (unpaired) electrons. The fourth-order valence-corrected chi connectivity index (χ4v) is 1.97. The summed E-state index contributed by atoms with van der Waals surface area (Å²) < 4.78 is 37.4. The van der Waals surface area contributed by atoms with E-state index in [0.717, 1.165) is 0 Å². The van der Waals surface area contributed by atoms with Crippen LogP contribution < -0.4 is 10.6 Å². The molecule has 2 rings (SSSR count). The Morgan fingerprint density at radius 2 is 1.90 bits per heavy atom. The molecule has 0 fully saturated rings. The van der Waals surface area contributed by atoms with E-state index >= 15 is 0 Å². The molecule has 0 aliphatic rings. The van der Waals surface area contributed by atoms with E-state index in [0.29, 0.717) is 10.2 Å². The van der Waals surface area contributed by atoms with Gasteiger partial charge in [-0.15, -0.1) is 0 Å². The number of carbonyl (C=O) groups is 1. The Morgan fingerprint density at radius 3 is 2.48 bits per heavy atom. The minimum Gasteiger partial charge on any atom is -0.375 e. The number of alkyl halides is 3. The van der Waals surface area contributed by atoms with Crippen LogP contribution in [0.25, 0.3) is 0 Å². The predicted octanol–water partition coefficient (Wildman–Crippen LogP) is 4.00. The first kappa shape index (κ1) is 15.4. The van der Waals surface area contributed by atoms with Crippen molar-refractivity contribution in [3.8, 4) is 0 Å². The topological polar surface area (TPSA) is 56.9 Å². The van der Waals surface area contributed by atoms with Crippen LogP contribution in [0.2, 0.25) is 0 Å². The van der Waals surface area contributed by atoms with Crippen LogP contribution in [0.4, 0.5) is 24.5 Å². The third kappa shape index (κ3) is 4.52. The molecule has 0 aliphatic carbocycles. The molecular formula is C13H11BrF3N3O. The van der Waals surface area contributed by atoms with Crippen LogP contribution >= 0.6 is 15.9 Å². The normalized spacial score (nSPS) is 11.2. The Balaban J connectivity index is 2.11. The first-order valence-corrected chi connectivity index (χ1v) is 6.69. The van der Waals surface area contributed by atoms with Crippen molar-refractivity contribution in [1.82, 2.24) is 4.98 Å². The van der Waals surface area contributed by atoms with Crippen LogP contribution in [-0.2, 0) is 0 Å². The lowest BCUT2D eigenvalue weighted by molar-refractivity contribution is -0.115. The molecular weight excluding hydrogens is 351 g/mol. The maximum Gasteiger partial charge on any atom is 0.405 e. The second-order valence-corrected chi connectivity index (χ2v) is 5.12. The monoisotopic (exact) mass is 361 g/mol. The largest absolute Gasteiger partial charge is 0.405 e. The zero-order valence-electron chi connectivity index (χ0n) is 10.6. The summed E-state index contributed by atoms with van der Waals surface area (Å²) in [4.78, 5) is 14.7. The average molecular weight is 362 g/mol. The number of aromatic nitrogens is 1. The van der Waals surface area contributed by atoms with E-state index in [1.165, 1.54) is 12.1 Å². The second-order valence-electron chi connectivity index (χ2n) is 4.20. The van der Waals surface area contributed by atoms with Crippen molar-refractivity contribution < 1.29 is 18.0 Å². The van der Waals surface area contributed by atoms with Gasteiger partial charge in [-0.25, -0.2) is 0 Å². The van der Waals surface area contributed by atoms with Crippen molar-refractivity contribution in [3.05, 3.63) is 46.7 Å². The van der Waals surface area contributed by atoms with Crippen molar-refractivity contribution in [2.24, 2.45) is 0 Å². The van der Waals surface area contributed by atoms with Gasteiger partial charge in [0.2, 0.25) is 0 Å². The van der Waals surface area contributed by atoms with Crippen molar-refractivity contribution in [3.63, 3.8) is 0 Å². The number of carbonyl (C=O) groups excluding carboxylic acids is 1. The summed E-state index contributed by atoms with van der Waals surface area (Å²) in [7, 11) is 0. The quantitative estimate of drug-likeness (QED) is 0.770. The lowest BCUT2D eigenvalue weighted by atomic mass is 10.2. The van der Waals surface area contributed by atoms with Gasteiger partial charge >= 0.3 is 6.18 Å². The molecule has 1 aromatic carbocycles. The van der Waals surface area contributed by atoms with Gasteiger partial charge in [0, 0.05) is 10.7 Å². The number of rotatable bonds is 4. The first-order chi connectivity index (χ1) is 9.85. The van der Waals surface area contributed by atoms with Crippen LogP contribution in [0.3, 0.4) is 0 Å². The highest BCUT2D eigenvalue weighted by Gasteiger charge is 2.27. The standard InChI is InChI=1S/C13H11BrF3N3O/c14-8-5-11(18-6-8)12(21)20-10-4-2-1-3-9(10)19-7-13(15,16)17/h1-6,18-19H,7H2,(H,20,21). The molecule has 0 unspecified atom stereocenters. The smallest absolute Gasteiger partial charge is 0.375 e. The number of aromatic amines is 1. The summed E-state index contributed by atoms with van der Waals surface area (Å²) in [5, 5.41) is 4.81. The number of halogens is 4. The Labute approximate surface area is 126 Å². The van der Waals surface area contributed by atoms with Gasteiger partial charge in [-0.3, -0.25) is 4.79 Å². The van der Waals surface area contributed by atoms with Crippen LogP contribution in [0.5, 0.6) is 0 Å². The van der Waals surface area contributed by atoms with E-state index in [1.807, 2.05) is 0 Å². The second kappa shape index (κ2) is 6.21. The van der Waals surface area contributed by atoms with Crippen LogP contribution in [0, 0.1) is 0 Å². The molecule has 21 heavy (non-hydrogen) atoms. The number of amides is 1. The summed E-state index contributed by atoms with van der Waals surface area (Å²) in [5.41, 5.74) is 0.777. The van der Waals surface area contributed by atoms with Gasteiger partial charge in [-0.1, -0.05) is 12.1 Å². The Bertz CT molecular complexity index is 640. The lowest BCUT2D eigenvalue weighted by Gasteiger charge is -2.14. The SMILES string of the molecule is O=C(Nc1ccccc1NCC(F)(F)F)c1cc(Br)c[nH]1. The van der Waals surface area contributed by atoms with E-state index in [-0.39, 0.29) is 11.4 Å². The fraction of sp³-hybridized carbons (Fsp3) is 0.154.